The molecule has 0 fully saturated rings. The number of rotatable bonds is 5. The van der Waals surface area contributed by atoms with Gasteiger partial charge in [-0.15, -0.1) is 0 Å². The highest BCUT2D eigenvalue weighted by molar-refractivity contribution is 6.02. The van der Waals surface area contributed by atoms with Crippen molar-refractivity contribution in [1.82, 2.24) is 0 Å². The minimum absolute atomic E-state index is 0.0769. The van der Waals surface area contributed by atoms with Crippen molar-refractivity contribution in [1.29, 1.82) is 0 Å². The van der Waals surface area contributed by atoms with Gasteiger partial charge in [0.1, 0.15) is 11.6 Å². The monoisotopic (exact) mass is 341 g/mol. The molecule has 128 valence electrons. The van der Waals surface area contributed by atoms with Crippen molar-refractivity contribution < 1.29 is 23.1 Å². The predicted molar refractivity (Wildman–Crippen MR) is 91.6 cm³/mol. The van der Waals surface area contributed by atoms with Crippen molar-refractivity contribution in [3.05, 3.63) is 66.2 Å². The Morgan fingerprint density at radius 1 is 1.00 bits per heavy atom. The number of carbonyl (C=O) groups is 1. The number of amides is 1. The molecule has 3 aromatic rings. The Hall–Kier alpha value is -3.28. The van der Waals surface area contributed by atoms with Crippen molar-refractivity contribution in [3.8, 4) is 22.8 Å². The zero-order valence-corrected chi connectivity index (χ0v) is 13.7. The van der Waals surface area contributed by atoms with E-state index in [9.17, 15) is 9.18 Å². The van der Waals surface area contributed by atoms with Crippen LogP contribution in [0.5, 0.6) is 11.5 Å². The number of methoxy groups -OCH3 is 2. The van der Waals surface area contributed by atoms with Gasteiger partial charge in [0, 0.05) is 11.8 Å². The highest BCUT2D eigenvalue weighted by Crippen LogP contribution is 2.30. The van der Waals surface area contributed by atoms with E-state index in [1.54, 1.807) is 42.5 Å². The highest BCUT2D eigenvalue weighted by atomic mass is 19.1. The molecule has 0 aliphatic rings. The molecule has 1 amide bonds. The summed E-state index contributed by atoms with van der Waals surface area (Å²) in [4.78, 5) is 12.3. The molecule has 25 heavy (non-hydrogen) atoms. The fourth-order valence-corrected chi connectivity index (χ4v) is 2.37. The number of nitrogens with one attached hydrogen (secondary N) is 1. The normalized spacial score (nSPS) is 10.4. The fraction of sp³-hybridized carbons (Fsp3) is 0.105. The third-order valence-electron chi connectivity index (χ3n) is 3.61. The minimum Gasteiger partial charge on any atom is -0.493 e. The third-order valence-corrected chi connectivity index (χ3v) is 3.61. The number of anilines is 1. The van der Waals surface area contributed by atoms with Crippen LogP contribution in [0, 0.1) is 5.82 Å². The lowest BCUT2D eigenvalue weighted by Gasteiger charge is -2.10. The quantitative estimate of drug-likeness (QED) is 0.749. The Labute approximate surface area is 144 Å². The van der Waals surface area contributed by atoms with Crippen molar-refractivity contribution in [3.63, 3.8) is 0 Å². The molecular weight excluding hydrogens is 325 g/mol. The number of hydrogen-bond donors (Lipinski definition) is 1. The largest absolute Gasteiger partial charge is 0.493 e. The van der Waals surface area contributed by atoms with Crippen molar-refractivity contribution in [2.45, 2.75) is 0 Å². The Bertz CT molecular complexity index is 904. The summed E-state index contributed by atoms with van der Waals surface area (Å²) in [6, 6.07) is 14.3. The molecule has 3 rings (SSSR count). The first-order valence-electron chi connectivity index (χ1n) is 7.50. The molecule has 1 heterocycles. The van der Waals surface area contributed by atoms with Crippen molar-refractivity contribution in [2.75, 3.05) is 19.5 Å². The molecule has 0 spiro atoms. The molecule has 6 heteroatoms. The smallest absolute Gasteiger partial charge is 0.291 e. The van der Waals surface area contributed by atoms with Gasteiger partial charge in [0.05, 0.1) is 19.8 Å². The maximum Gasteiger partial charge on any atom is 0.291 e. The Morgan fingerprint density at radius 3 is 2.48 bits per heavy atom. The maximum absolute atomic E-state index is 13.8. The zero-order valence-electron chi connectivity index (χ0n) is 13.7. The van der Waals surface area contributed by atoms with Crippen LogP contribution in [0.4, 0.5) is 10.1 Å². The first-order chi connectivity index (χ1) is 12.1. The van der Waals surface area contributed by atoms with E-state index in [4.69, 9.17) is 13.9 Å². The van der Waals surface area contributed by atoms with Gasteiger partial charge >= 0.3 is 0 Å². The molecule has 2 aromatic carbocycles. The molecule has 0 aliphatic heterocycles. The van der Waals surface area contributed by atoms with E-state index in [0.717, 1.165) is 0 Å². The summed E-state index contributed by atoms with van der Waals surface area (Å²) in [6.07, 6.45) is 0. The molecule has 0 unspecified atom stereocenters. The minimum atomic E-state index is -0.449. The second-order valence-electron chi connectivity index (χ2n) is 5.17. The maximum atomic E-state index is 13.8. The van der Waals surface area contributed by atoms with Crippen LogP contribution >= 0.6 is 0 Å². The van der Waals surface area contributed by atoms with Gasteiger partial charge in [0.25, 0.3) is 5.91 Å². The number of carbonyl (C=O) groups excluding carboxylic acids is 1. The second-order valence-corrected chi connectivity index (χ2v) is 5.17. The summed E-state index contributed by atoms with van der Waals surface area (Å²) in [7, 11) is 3.04. The summed E-state index contributed by atoms with van der Waals surface area (Å²) in [5, 5.41) is 2.70. The molecule has 0 bridgehead atoms. The van der Waals surface area contributed by atoms with Crippen LogP contribution in [0.3, 0.4) is 0 Å². The van der Waals surface area contributed by atoms with Crippen molar-refractivity contribution in [2.24, 2.45) is 0 Å². The molecular formula is C19H16FNO4. The number of halogens is 1. The zero-order chi connectivity index (χ0) is 17.8. The number of ether oxygens (including phenoxy) is 2. The summed E-state index contributed by atoms with van der Waals surface area (Å²) in [5.74, 6) is 0.550. The molecule has 0 aliphatic carbocycles. The Balaban J connectivity index is 1.80. The molecule has 0 saturated carbocycles. The van der Waals surface area contributed by atoms with E-state index < -0.39 is 11.7 Å². The highest BCUT2D eigenvalue weighted by Gasteiger charge is 2.15. The van der Waals surface area contributed by atoms with Gasteiger partial charge in [0.2, 0.25) is 0 Å². The van der Waals surface area contributed by atoms with Crippen molar-refractivity contribution >= 4 is 11.6 Å². The molecule has 0 radical (unpaired) electrons. The van der Waals surface area contributed by atoms with E-state index in [1.807, 2.05) is 0 Å². The van der Waals surface area contributed by atoms with Gasteiger partial charge in [-0.2, -0.15) is 0 Å². The number of furan rings is 1. The van der Waals surface area contributed by atoms with E-state index in [-0.39, 0.29) is 11.5 Å². The third kappa shape index (κ3) is 3.47. The Kier molecular flexibility index (Phi) is 4.70. The average Bonchev–Trinajstić information content (AvgIpc) is 3.12. The molecule has 1 N–H and O–H groups in total. The number of benzene rings is 2. The lowest BCUT2D eigenvalue weighted by Crippen LogP contribution is -2.10. The Morgan fingerprint density at radius 2 is 1.76 bits per heavy atom. The molecule has 0 atom stereocenters. The SMILES string of the molecule is COc1ccc(NC(=O)c2ccc(-c3ccccc3F)o2)cc1OC. The van der Waals surface area contributed by atoms with Gasteiger partial charge < -0.3 is 19.2 Å². The standard InChI is InChI=1S/C19H16FNO4/c1-23-16-8-7-12(11-18(16)24-2)21-19(22)17-10-9-15(25-17)13-5-3-4-6-14(13)20/h3-11H,1-2H3,(H,21,22). The van der Waals surface area contributed by atoms with E-state index >= 15 is 0 Å². The van der Waals surface area contributed by atoms with Gasteiger partial charge in [-0.05, 0) is 36.4 Å². The van der Waals surface area contributed by atoms with E-state index in [1.165, 1.54) is 26.4 Å². The topological polar surface area (TPSA) is 60.7 Å². The summed E-state index contributed by atoms with van der Waals surface area (Å²) >= 11 is 0. The van der Waals surface area contributed by atoms with Gasteiger partial charge in [0.15, 0.2) is 17.3 Å². The van der Waals surface area contributed by atoms with Crippen LogP contribution in [0.25, 0.3) is 11.3 Å². The number of hydrogen-bond acceptors (Lipinski definition) is 4. The van der Waals surface area contributed by atoms with Crippen LogP contribution in [-0.2, 0) is 0 Å². The molecule has 1 aromatic heterocycles. The first kappa shape index (κ1) is 16.6. The van der Waals surface area contributed by atoms with Gasteiger partial charge in [-0.25, -0.2) is 4.39 Å². The van der Waals surface area contributed by atoms with Gasteiger partial charge in [-0.3, -0.25) is 4.79 Å². The van der Waals surface area contributed by atoms with Crippen LogP contribution < -0.4 is 14.8 Å². The van der Waals surface area contributed by atoms with Gasteiger partial charge in [-0.1, -0.05) is 12.1 Å². The summed E-state index contributed by atoms with van der Waals surface area (Å²) in [5.41, 5.74) is 0.819. The van der Waals surface area contributed by atoms with Crippen LogP contribution in [0.1, 0.15) is 10.6 Å². The lowest BCUT2D eigenvalue weighted by molar-refractivity contribution is 0.0997. The average molecular weight is 341 g/mol. The van der Waals surface area contributed by atoms with Crippen LogP contribution in [0.2, 0.25) is 0 Å². The summed E-state index contributed by atoms with van der Waals surface area (Å²) < 4.78 is 29.6. The van der Waals surface area contributed by atoms with E-state index in [2.05, 4.69) is 5.32 Å². The lowest BCUT2D eigenvalue weighted by atomic mass is 10.1. The van der Waals surface area contributed by atoms with Crippen LogP contribution in [-0.4, -0.2) is 20.1 Å². The summed E-state index contributed by atoms with van der Waals surface area (Å²) in [6.45, 7) is 0. The first-order valence-corrected chi connectivity index (χ1v) is 7.50. The molecule has 0 saturated heterocycles. The molecule has 5 nitrogen and oxygen atoms in total. The van der Waals surface area contributed by atoms with Crippen LogP contribution in [0.15, 0.2) is 59.0 Å². The van der Waals surface area contributed by atoms with E-state index in [0.29, 0.717) is 22.7 Å². The fourth-order valence-electron chi connectivity index (χ4n) is 2.37. The predicted octanol–water partition coefficient (Wildman–Crippen LogP) is 4.36. The second kappa shape index (κ2) is 7.09.